The van der Waals surface area contributed by atoms with E-state index in [1.54, 1.807) is 0 Å². The minimum absolute atomic E-state index is 1.00. The molecule has 0 aliphatic rings. The molecule has 0 saturated heterocycles. The Kier molecular flexibility index (Phi) is 19.1. The second kappa shape index (κ2) is 22.7. The average Bonchev–Trinajstić information content (AvgIpc) is 2.96. The highest BCUT2D eigenvalue weighted by molar-refractivity contribution is 6.03. The molecule has 0 aliphatic heterocycles. The molecule has 2 aromatic rings. The summed E-state index contributed by atoms with van der Waals surface area (Å²) in [6.45, 7) is 4.58. The Labute approximate surface area is 235 Å². The van der Waals surface area contributed by atoms with Gasteiger partial charge in [0.1, 0.15) is 0 Å². The van der Waals surface area contributed by atoms with Crippen molar-refractivity contribution < 1.29 is 0 Å². The van der Waals surface area contributed by atoms with Gasteiger partial charge in [0, 0.05) is 0 Å². The Morgan fingerprint density at radius 2 is 0.684 bits per heavy atom. The third-order valence-corrected chi connectivity index (χ3v) is 7.54. The van der Waals surface area contributed by atoms with Crippen LogP contribution < -0.4 is 0 Å². The van der Waals surface area contributed by atoms with Gasteiger partial charge in [0.25, 0.3) is 0 Å². The van der Waals surface area contributed by atoms with Gasteiger partial charge in [-0.15, -0.1) is 0 Å². The van der Waals surface area contributed by atoms with Crippen LogP contribution in [-0.4, -0.2) is 11.4 Å². The van der Waals surface area contributed by atoms with Crippen LogP contribution in [0.3, 0.4) is 0 Å². The van der Waals surface area contributed by atoms with Crippen molar-refractivity contribution in [2.24, 2.45) is 10.2 Å². The van der Waals surface area contributed by atoms with Crippen molar-refractivity contribution in [3.05, 3.63) is 71.8 Å². The van der Waals surface area contributed by atoms with Crippen molar-refractivity contribution in [1.82, 2.24) is 0 Å². The van der Waals surface area contributed by atoms with E-state index in [1.807, 2.05) is 0 Å². The Morgan fingerprint density at radius 1 is 0.395 bits per heavy atom. The summed E-state index contributed by atoms with van der Waals surface area (Å²) < 4.78 is 0. The number of nitrogens with zero attached hydrogens (tertiary/aromatic N) is 2. The molecule has 0 unspecified atom stereocenters. The average molecular weight is 517 g/mol. The molecule has 0 atom stereocenters. The van der Waals surface area contributed by atoms with Crippen molar-refractivity contribution in [1.29, 1.82) is 0 Å². The normalized spacial score (nSPS) is 12.3. The zero-order chi connectivity index (χ0) is 26.9. The summed E-state index contributed by atoms with van der Waals surface area (Å²) in [5.74, 6) is 0. The quantitative estimate of drug-likeness (QED) is 0.0797. The van der Waals surface area contributed by atoms with Gasteiger partial charge in [-0.3, -0.25) is 0 Å². The highest BCUT2D eigenvalue weighted by Crippen LogP contribution is 2.16. The standard InChI is InChI=1S/C36H56N2/c1-3-5-7-9-11-13-15-17-25-31-35(33-27-21-19-22-28-33)37-38-36(34-29-23-20-24-30-34)32-26-18-16-14-12-10-8-6-4-2/h19-24,27-30H,3-18,25-26,31-32H2,1-2H3. The van der Waals surface area contributed by atoms with E-state index < -0.39 is 0 Å². The van der Waals surface area contributed by atoms with Gasteiger partial charge < -0.3 is 0 Å². The zero-order valence-corrected chi connectivity index (χ0v) is 24.8. The number of rotatable bonds is 23. The van der Waals surface area contributed by atoms with Crippen LogP contribution in [0.1, 0.15) is 153 Å². The Hall–Kier alpha value is -2.22. The van der Waals surface area contributed by atoms with E-state index in [0.717, 1.165) is 24.3 Å². The van der Waals surface area contributed by atoms with Crippen LogP contribution in [0.5, 0.6) is 0 Å². The second-order valence-corrected chi connectivity index (χ2v) is 11.0. The Balaban J connectivity index is 1.92. The lowest BCUT2D eigenvalue weighted by molar-refractivity contribution is 0.568. The Bertz CT molecular complexity index is 780. The van der Waals surface area contributed by atoms with Gasteiger partial charge in [-0.05, 0) is 36.8 Å². The third kappa shape index (κ3) is 15.3. The first-order chi connectivity index (χ1) is 18.8. The summed E-state index contributed by atoms with van der Waals surface area (Å²) in [4.78, 5) is 0. The van der Waals surface area contributed by atoms with Gasteiger partial charge in [0.2, 0.25) is 0 Å². The van der Waals surface area contributed by atoms with Crippen LogP contribution in [0, 0.1) is 0 Å². The molecule has 0 bridgehead atoms. The molecule has 38 heavy (non-hydrogen) atoms. The van der Waals surface area contributed by atoms with Gasteiger partial charge in [0.05, 0.1) is 11.4 Å². The lowest BCUT2D eigenvalue weighted by atomic mass is 10.0. The van der Waals surface area contributed by atoms with Gasteiger partial charge in [-0.2, -0.15) is 10.2 Å². The first-order valence-corrected chi connectivity index (χ1v) is 16.1. The Morgan fingerprint density at radius 3 is 1.00 bits per heavy atom. The van der Waals surface area contributed by atoms with Gasteiger partial charge in [-0.25, -0.2) is 0 Å². The van der Waals surface area contributed by atoms with Gasteiger partial charge in [0.15, 0.2) is 0 Å². The fraction of sp³-hybridized carbons (Fsp3) is 0.611. The van der Waals surface area contributed by atoms with Crippen molar-refractivity contribution in [3.8, 4) is 0 Å². The van der Waals surface area contributed by atoms with E-state index in [-0.39, 0.29) is 0 Å². The van der Waals surface area contributed by atoms with E-state index in [1.165, 1.54) is 127 Å². The van der Waals surface area contributed by atoms with E-state index >= 15 is 0 Å². The lowest BCUT2D eigenvalue weighted by Crippen LogP contribution is -2.04. The topological polar surface area (TPSA) is 24.7 Å². The predicted octanol–water partition coefficient (Wildman–Crippen LogP) is 11.7. The molecule has 0 saturated carbocycles. The molecular formula is C36H56N2. The molecule has 0 radical (unpaired) electrons. The number of benzene rings is 2. The molecule has 2 rings (SSSR count). The summed E-state index contributed by atoms with van der Waals surface area (Å²) in [5, 5.41) is 9.80. The minimum Gasteiger partial charge on any atom is -0.155 e. The highest BCUT2D eigenvalue weighted by atomic mass is 15.2. The summed E-state index contributed by atoms with van der Waals surface area (Å²) in [7, 11) is 0. The van der Waals surface area contributed by atoms with Crippen LogP contribution in [-0.2, 0) is 0 Å². The molecule has 2 aromatic carbocycles. The summed E-state index contributed by atoms with van der Waals surface area (Å²) in [6, 6.07) is 21.4. The molecular weight excluding hydrogens is 460 g/mol. The van der Waals surface area contributed by atoms with Crippen molar-refractivity contribution >= 4 is 11.4 Å². The van der Waals surface area contributed by atoms with Crippen LogP contribution in [0.4, 0.5) is 0 Å². The third-order valence-electron chi connectivity index (χ3n) is 7.54. The maximum Gasteiger partial charge on any atom is 0.0702 e. The largest absolute Gasteiger partial charge is 0.155 e. The first kappa shape index (κ1) is 32.0. The van der Waals surface area contributed by atoms with Crippen LogP contribution in [0.25, 0.3) is 0 Å². The maximum absolute atomic E-state index is 4.90. The van der Waals surface area contributed by atoms with Crippen LogP contribution >= 0.6 is 0 Å². The lowest BCUT2D eigenvalue weighted by Gasteiger charge is -2.08. The number of hydrogen-bond donors (Lipinski definition) is 0. The SMILES string of the molecule is CCCCCCCCCCCC(=NN=C(CCCCCCCCCCC)c1ccccc1)c1ccccc1. The van der Waals surface area contributed by atoms with E-state index in [9.17, 15) is 0 Å². The van der Waals surface area contributed by atoms with Gasteiger partial charge >= 0.3 is 0 Å². The molecule has 2 nitrogen and oxygen atoms in total. The summed E-state index contributed by atoms with van der Waals surface area (Å²) >= 11 is 0. The van der Waals surface area contributed by atoms with Crippen LogP contribution in [0.15, 0.2) is 70.9 Å². The van der Waals surface area contributed by atoms with Gasteiger partial charge in [-0.1, -0.05) is 177 Å². The monoisotopic (exact) mass is 516 g/mol. The molecule has 0 amide bonds. The van der Waals surface area contributed by atoms with Crippen molar-refractivity contribution in [2.75, 3.05) is 0 Å². The minimum atomic E-state index is 1.00. The first-order valence-electron chi connectivity index (χ1n) is 16.1. The van der Waals surface area contributed by atoms with Crippen molar-refractivity contribution in [2.45, 2.75) is 142 Å². The predicted molar refractivity (Wildman–Crippen MR) is 170 cm³/mol. The van der Waals surface area contributed by atoms with E-state index in [4.69, 9.17) is 10.2 Å². The number of unbranched alkanes of at least 4 members (excludes halogenated alkanes) is 16. The molecule has 2 heteroatoms. The van der Waals surface area contributed by atoms with E-state index in [0.29, 0.717) is 0 Å². The zero-order valence-electron chi connectivity index (χ0n) is 24.8. The number of hydrogen-bond acceptors (Lipinski definition) is 2. The van der Waals surface area contributed by atoms with Crippen molar-refractivity contribution in [3.63, 3.8) is 0 Å². The maximum atomic E-state index is 4.90. The second-order valence-electron chi connectivity index (χ2n) is 11.0. The highest BCUT2D eigenvalue weighted by Gasteiger charge is 2.07. The summed E-state index contributed by atoms with van der Waals surface area (Å²) in [6.07, 6.45) is 26.2. The van der Waals surface area contributed by atoms with E-state index in [2.05, 4.69) is 74.5 Å². The molecule has 0 aliphatic carbocycles. The molecule has 0 spiro atoms. The molecule has 210 valence electrons. The smallest absolute Gasteiger partial charge is 0.0702 e. The van der Waals surface area contributed by atoms with Crippen LogP contribution in [0.2, 0.25) is 0 Å². The molecule has 0 heterocycles. The molecule has 0 N–H and O–H groups in total. The summed E-state index contributed by atoms with van der Waals surface area (Å²) in [5.41, 5.74) is 4.70. The fourth-order valence-corrected chi connectivity index (χ4v) is 5.09. The fourth-order valence-electron chi connectivity index (χ4n) is 5.09. The molecule has 0 fully saturated rings. The molecule has 0 aromatic heterocycles.